The van der Waals surface area contributed by atoms with E-state index in [1.165, 1.54) is 11.8 Å². The second-order valence-corrected chi connectivity index (χ2v) is 4.14. The van der Waals surface area contributed by atoms with Crippen molar-refractivity contribution in [2.45, 2.75) is 11.8 Å². The Bertz CT molecular complexity index is 557. The smallest absolute Gasteiger partial charge is 0.360 e. The average Bonchev–Trinajstić information content (AvgIpc) is 2.37. The Balaban J connectivity index is 2.60. The summed E-state index contributed by atoms with van der Waals surface area (Å²) in [5.41, 5.74) is 1.07. The predicted octanol–water partition coefficient (Wildman–Crippen LogP) is 2.53. The second-order valence-electron chi connectivity index (χ2n) is 3.32. The van der Waals surface area contributed by atoms with Gasteiger partial charge < -0.3 is 4.74 Å². The molecule has 0 amide bonds. The summed E-state index contributed by atoms with van der Waals surface area (Å²) >= 11 is 1.48. The van der Waals surface area contributed by atoms with Crippen LogP contribution in [0, 0.1) is 0 Å². The van der Waals surface area contributed by atoms with Crippen molar-refractivity contribution in [3.8, 4) is 0 Å². The number of esters is 1. The molecule has 5 heteroatoms. The number of rotatable bonds is 3. The van der Waals surface area contributed by atoms with Crippen LogP contribution in [-0.4, -0.2) is 29.0 Å². The van der Waals surface area contributed by atoms with E-state index in [1.807, 2.05) is 30.5 Å². The maximum Gasteiger partial charge on any atom is 0.360 e. The molecular weight excluding hydrogens is 236 g/mol. The van der Waals surface area contributed by atoms with Crippen LogP contribution in [0.15, 0.2) is 29.2 Å². The zero-order chi connectivity index (χ0) is 12.3. The van der Waals surface area contributed by atoms with E-state index in [1.54, 1.807) is 6.92 Å². The molecule has 0 saturated carbocycles. The summed E-state index contributed by atoms with van der Waals surface area (Å²) in [6.45, 7) is 2.10. The number of aromatic nitrogens is 2. The van der Waals surface area contributed by atoms with E-state index in [0.29, 0.717) is 6.61 Å². The highest BCUT2D eigenvalue weighted by Crippen LogP contribution is 2.27. The van der Waals surface area contributed by atoms with Gasteiger partial charge in [0.25, 0.3) is 0 Å². The minimum atomic E-state index is -0.421. The highest BCUT2D eigenvalue weighted by molar-refractivity contribution is 7.98. The maximum atomic E-state index is 11.7. The van der Waals surface area contributed by atoms with Gasteiger partial charge in [0.1, 0.15) is 0 Å². The summed E-state index contributed by atoms with van der Waals surface area (Å²) < 4.78 is 4.96. The Morgan fingerprint density at radius 2 is 2.12 bits per heavy atom. The van der Waals surface area contributed by atoms with Crippen LogP contribution in [0.1, 0.15) is 17.4 Å². The predicted molar refractivity (Wildman–Crippen MR) is 67.3 cm³/mol. The van der Waals surface area contributed by atoms with Gasteiger partial charge in [-0.2, -0.15) is 0 Å². The van der Waals surface area contributed by atoms with Crippen molar-refractivity contribution in [2.24, 2.45) is 0 Å². The molecule has 0 fully saturated rings. The topological polar surface area (TPSA) is 52.1 Å². The first-order valence-electron chi connectivity index (χ1n) is 5.24. The zero-order valence-corrected chi connectivity index (χ0v) is 10.5. The molecule has 0 aliphatic heterocycles. The van der Waals surface area contributed by atoms with Crippen molar-refractivity contribution < 1.29 is 9.53 Å². The maximum absolute atomic E-state index is 11.7. The summed E-state index contributed by atoms with van der Waals surface area (Å²) in [5.74, 6) is -0.421. The quantitative estimate of drug-likeness (QED) is 0.617. The Labute approximate surface area is 103 Å². The van der Waals surface area contributed by atoms with Gasteiger partial charge in [0.05, 0.1) is 17.0 Å². The van der Waals surface area contributed by atoms with E-state index in [4.69, 9.17) is 4.74 Å². The number of carbonyl (C=O) groups excluding carboxylic acids is 1. The van der Waals surface area contributed by atoms with Gasteiger partial charge in [-0.15, -0.1) is 22.0 Å². The van der Waals surface area contributed by atoms with E-state index in [2.05, 4.69) is 10.2 Å². The molecule has 0 bridgehead atoms. The van der Waals surface area contributed by atoms with Gasteiger partial charge in [-0.25, -0.2) is 4.79 Å². The number of hydrogen-bond donors (Lipinski definition) is 0. The molecule has 0 saturated heterocycles. The van der Waals surface area contributed by atoms with Crippen LogP contribution in [0.2, 0.25) is 0 Å². The van der Waals surface area contributed by atoms with Crippen molar-refractivity contribution in [1.29, 1.82) is 0 Å². The van der Waals surface area contributed by atoms with E-state index >= 15 is 0 Å². The van der Waals surface area contributed by atoms with Crippen molar-refractivity contribution in [3.63, 3.8) is 0 Å². The minimum Gasteiger partial charge on any atom is -0.461 e. The zero-order valence-electron chi connectivity index (χ0n) is 9.64. The molecule has 88 valence electrons. The van der Waals surface area contributed by atoms with Crippen LogP contribution in [-0.2, 0) is 4.74 Å². The molecule has 2 rings (SSSR count). The Morgan fingerprint density at radius 3 is 2.82 bits per heavy atom. The van der Waals surface area contributed by atoms with Gasteiger partial charge in [-0.3, -0.25) is 0 Å². The van der Waals surface area contributed by atoms with Gasteiger partial charge in [-0.05, 0) is 19.2 Å². The summed E-state index contributed by atoms with van der Waals surface area (Å²) in [6, 6.07) is 7.61. The number of ether oxygens (including phenoxy) is 1. The van der Waals surface area contributed by atoms with Gasteiger partial charge in [-0.1, -0.05) is 18.2 Å². The lowest BCUT2D eigenvalue weighted by Crippen LogP contribution is -2.10. The number of hydrogen-bond acceptors (Lipinski definition) is 5. The number of nitrogens with zero attached hydrogens (tertiary/aromatic N) is 2. The molecule has 0 N–H and O–H groups in total. The Kier molecular flexibility index (Phi) is 3.58. The normalized spacial score (nSPS) is 10.5. The molecule has 1 heterocycles. The number of benzene rings is 1. The van der Waals surface area contributed by atoms with E-state index < -0.39 is 5.97 Å². The number of thioether (sulfide) groups is 1. The molecule has 2 aromatic rings. The lowest BCUT2D eigenvalue weighted by molar-refractivity contribution is 0.0514. The summed E-state index contributed by atoms with van der Waals surface area (Å²) in [5, 5.41) is 8.91. The molecule has 0 spiro atoms. The van der Waals surface area contributed by atoms with Crippen molar-refractivity contribution >= 4 is 28.6 Å². The third-order valence-corrected chi connectivity index (χ3v) is 3.12. The van der Waals surface area contributed by atoms with Crippen LogP contribution in [0.4, 0.5) is 0 Å². The van der Waals surface area contributed by atoms with E-state index in [9.17, 15) is 4.79 Å². The number of fused-ring (bicyclic) bond motifs is 1. The number of carbonyl (C=O) groups is 1. The monoisotopic (exact) mass is 248 g/mol. The fraction of sp³-hybridized carbons (Fsp3) is 0.250. The standard InChI is InChI=1S/C12H12N2O2S/c1-3-16-12(15)10-11(17-2)8-6-4-5-7-9(8)13-14-10/h4-7H,3H2,1-2H3. The molecule has 1 aromatic heterocycles. The van der Waals surface area contributed by atoms with E-state index in [0.717, 1.165) is 15.8 Å². The third kappa shape index (κ3) is 2.24. The second kappa shape index (κ2) is 5.14. The minimum absolute atomic E-state index is 0.290. The first kappa shape index (κ1) is 11.9. The first-order chi connectivity index (χ1) is 8.27. The molecule has 1 aromatic carbocycles. The van der Waals surface area contributed by atoms with Crippen molar-refractivity contribution in [1.82, 2.24) is 10.2 Å². The Morgan fingerprint density at radius 1 is 1.35 bits per heavy atom. The molecular formula is C12H12N2O2S. The summed E-state index contributed by atoms with van der Waals surface area (Å²) in [6.07, 6.45) is 1.91. The fourth-order valence-corrected chi connectivity index (χ4v) is 2.28. The fourth-order valence-electron chi connectivity index (χ4n) is 1.57. The lowest BCUT2D eigenvalue weighted by Gasteiger charge is -2.07. The van der Waals surface area contributed by atoms with E-state index in [-0.39, 0.29) is 5.69 Å². The molecule has 0 radical (unpaired) electrons. The van der Waals surface area contributed by atoms with Gasteiger partial charge in [0.2, 0.25) is 0 Å². The first-order valence-corrected chi connectivity index (χ1v) is 6.47. The summed E-state index contributed by atoms with van der Waals surface area (Å²) in [4.78, 5) is 12.5. The largest absolute Gasteiger partial charge is 0.461 e. The van der Waals surface area contributed by atoms with Gasteiger partial charge in [0.15, 0.2) is 5.69 Å². The van der Waals surface area contributed by atoms with Gasteiger partial charge >= 0.3 is 5.97 Å². The molecule has 17 heavy (non-hydrogen) atoms. The molecule has 0 aliphatic rings. The van der Waals surface area contributed by atoms with Crippen molar-refractivity contribution in [3.05, 3.63) is 30.0 Å². The van der Waals surface area contributed by atoms with Crippen LogP contribution >= 0.6 is 11.8 Å². The average molecular weight is 248 g/mol. The van der Waals surface area contributed by atoms with Crippen LogP contribution in [0.25, 0.3) is 10.9 Å². The Hall–Kier alpha value is -1.62. The van der Waals surface area contributed by atoms with Crippen LogP contribution in [0.5, 0.6) is 0 Å². The molecule has 4 nitrogen and oxygen atoms in total. The summed E-state index contributed by atoms with van der Waals surface area (Å²) in [7, 11) is 0. The third-order valence-electron chi connectivity index (χ3n) is 2.29. The van der Waals surface area contributed by atoms with Gasteiger partial charge in [0, 0.05) is 5.39 Å². The van der Waals surface area contributed by atoms with Crippen LogP contribution < -0.4 is 0 Å². The molecule has 0 atom stereocenters. The highest BCUT2D eigenvalue weighted by atomic mass is 32.2. The lowest BCUT2D eigenvalue weighted by atomic mass is 10.2. The highest BCUT2D eigenvalue weighted by Gasteiger charge is 2.17. The molecule has 0 aliphatic carbocycles. The van der Waals surface area contributed by atoms with Crippen molar-refractivity contribution in [2.75, 3.05) is 12.9 Å². The SMILES string of the molecule is CCOC(=O)c1nnc2ccccc2c1SC. The molecule has 0 unspecified atom stereocenters. The van der Waals surface area contributed by atoms with Crippen LogP contribution in [0.3, 0.4) is 0 Å².